The molecule has 3 aromatic rings. The molecule has 1 unspecified atom stereocenters. The number of likely N-dealkylation sites (tertiary alicyclic amines) is 1. The van der Waals surface area contributed by atoms with E-state index in [9.17, 15) is 22.8 Å². The number of carbonyl (C=O) groups is 2. The number of anilines is 1. The topological polar surface area (TPSA) is 62.3 Å². The summed E-state index contributed by atoms with van der Waals surface area (Å²) in [5.74, 6) is -6.52. The number of nitrogens with zero attached hydrogens (tertiary/aromatic N) is 2. The molecule has 1 saturated heterocycles. The second-order valence-electron chi connectivity index (χ2n) is 8.41. The number of carbonyl (C=O) groups excluding carboxylic acids is 2. The van der Waals surface area contributed by atoms with E-state index in [2.05, 4.69) is 10.3 Å². The van der Waals surface area contributed by atoms with Crippen molar-refractivity contribution in [2.75, 3.05) is 18.4 Å². The molecule has 1 aliphatic heterocycles. The lowest BCUT2D eigenvalue weighted by Crippen LogP contribution is -2.52. The van der Waals surface area contributed by atoms with E-state index in [4.69, 9.17) is 11.6 Å². The lowest BCUT2D eigenvalue weighted by Gasteiger charge is -2.37. The molecule has 2 amide bonds. The van der Waals surface area contributed by atoms with E-state index in [0.29, 0.717) is 21.8 Å². The minimum absolute atomic E-state index is 0.0749. The summed E-state index contributed by atoms with van der Waals surface area (Å²) in [6.45, 7) is 0.712. The number of piperidine rings is 1. The minimum Gasteiger partial charge on any atom is -0.332 e. The van der Waals surface area contributed by atoms with Gasteiger partial charge in [0, 0.05) is 41.6 Å². The molecule has 2 heterocycles. The SMILES string of the molecule is Cc1cc(Cl)cc(NC(=O)C2CN(C(=O)c3cc(F)cc(-c4ccncc4)c3)CC(F)(F)C2)c1. The number of aryl methyl sites for hydroxylation is 1. The number of alkyl halides is 2. The second kappa shape index (κ2) is 9.46. The van der Waals surface area contributed by atoms with Gasteiger partial charge in [-0.15, -0.1) is 0 Å². The van der Waals surface area contributed by atoms with Crippen molar-refractivity contribution >= 4 is 29.1 Å². The van der Waals surface area contributed by atoms with Crippen molar-refractivity contribution in [3.63, 3.8) is 0 Å². The Morgan fingerprint density at radius 3 is 2.53 bits per heavy atom. The summed E-state index contributed by atoms with van der Waals surface area (Å²) in [4.78, 5) is 30.7. The predicted octanol–water partition coefficient (Wildman–Crippen LogP) is 5.59. The number of pyridine rings is 1. The van der Waals surface area contributed by atoms with Crippen LogP contribution in [0.25, 0.3) is 11.1 Å². The van der Waals surface area contributed by atoms with Gasteiger partial charge in [-0.1, -0.05) is 11.6 Å². The molecule has 0 bridgehead atoms. The molecule has 0 saturated carbocycles. The fourth-order valence-electron chi connectivity index (χ4n) is 4.09. The summed E-state index contributed by atoms with van der Waals surface area (Å²) >= 11 is 6.01. The van der Waals surface area contributed by atoms with Gasteiger partial charge in [-0.05, 0) is 72.1 Å². The molecule has 1 atom stereocenters. The van der Waals surface area contributed by atoms with Crippen molar-refractivity contribution in [2.45, 2.75) is 19.3 Å². The quantitative estimate of drug-likeness (QED) is 0.522. The number of nitrogens with one attached hydrogen (secondary N) is 1. The number of benzene rings is 2. The average Bonchev–Trinajstić information content (AvgIpc) is 2.77. The number of amides is 2. The maximum Gasteiger partial charge on any atom is 0.266 e. The van der Waals surface area contributed by atoms with Gasteiger partial charge in [0.2, 0.25) is 5.91 Å². The number of hydrogen-bond acceptors (Lipinski definition) is 3. The van der Waals surface area contributed by atoms with Crippen LogP contribution in [0.2, 0.25) is 5.02 Å². The number of rotatable bonds is 4. The Bertz CT molecular complexity index is 1220. The van der Waals surface area contributed by atoms with Gasteiger partial charge in [0.1, 0.15) is 5.82 Å². The molecule has 34 heavy (non-hydrogen) atoms. The minimum atomic E-state index is -3.28. The molecule has 5 nitrogen and oxygen atoms in total. The first-order valence-electron chi connectivity index (χ1n) is 10.6. The molecule has 1 fully saturated rings. The van der Waals surface area contributed by atoms with Crippen molar-refractivity contribution in [1.82, 2.24) is 9.88 Å². The maximum atomic E-state index is 14.6. The van der Waals surface area contributed by atoms with Crippen molar-refractivity contribution in [3.8, 4) is 11.1 Å². The van der Waals surface area contributed by atoms with Gasteiger partial charge < -0.3 is 10.2 Å². The maximum absolute atomic E-state index is 14.6. The Balaban J connectivity index is 1.56. The number of halogens is 4. The first-order chi connectivity index (χ1) is 16.1. The van der Waals surface area contributed by atoms with Gasteiger partial charge >= 0.3 is 0 Å². The molecule has 2 aromatic carbocycles. The van der Waals surface area contributed by atoms with Gasteiger partial charge in [-0.25, -0.2) is 13.2 Å². The molecule has 0 aliphatic carbocycles. The molecule has 1 aromatic heterocycles. The van der Waals surface area contributed by atoms with Crippen LogP contribution in [0.3, 0.4) is 0 Å². The molecular weight excluding hydrogens is 467 g/mol. The van der Waals surface area contributed by atoms with Crippen LogP contribution in [0.15, 0.2) is 60.9 Å². The normalized spacial score (nSPS) is 17.3. The van der Waals surface area contributed by atoms with Crippen LogP contribution in [-0.4, -0.2) is 40.7 Å². The van der Waals surface area contributed by atoms with Crippen molar-refractivity contribution < 1.29 is 22.8 Å². The van der Waals surface area contributed by atoms with E-state index >= 15 is 0 Å². The number of hydrogen-bond donors (Lipinski definition) is 1. The second-order valence-corrected chi connectivity index (χ2v) is 8.85. The summed E-state index contributed by atoms with van der Waals surface area (Å²) in [5, 5.41) is 3.01. The fraction of sp³-hybridized carbons (Fsp3) is 0.240. The highest BCUT2D eigenvalue weighted by Crippen LogP contribution is 2.33. The van der Waals surface area contributed by atoms with E-state index in [1.54, 1.807) is 31.2 Å². The van der Waals surface area contributed by atoms with Crippen LogP contribution in [0.4, 0.5) is 18.9 Å². The standard InChI is InChI=1S/C25H21ClF3N3O2/c1-15-6-20(26)11-22(7-15)31-23(33)19-12-25(28,29)14-32(13-19)24(34)18-8-17(9-21(27)10-18)16-2-4-30-5-3-16/h2-11,19H,12-14H2,1H3,(H,31,33). The molecule has 1 aliphatic rings. The Morgan fingerprint density at radius 2 is 1.82 bits per heavy atom. The number of aromatic nitrogens is 1. The summed E-state index contributed by atoms with van der Waals surface area (Å²) in [6.07, 6.45) is 2.35. The van der Waals surface area contributed by atoms with E-state index in [1.807, 2.05) is 0 Å². The highest BCUT2D eigenvalue weighted by Gasteiger charge is 2.44. The van der Waals surface area contributed by atoms with Crippen LogP contribution < -0.4 is 5.32 Å². The average molecular weight is 488 g/mol. The van der Waals surface area contributed by atoms with Crippen LogP contribution in [-0.2, 0) is 4.79 Å². The molecule has 9 heteroatoms. The zero-order valence-electron chi connectivity index (χ0n) is 18.2. The third kappa shape index (κ3) is 5.56. The van der Waals surface area contributed by atoms with Gasteiger partial charge in [-0.3, -0.25) is 14.6 Å². The predicted molar refractivity (Wildman–Crippen MR) is 123 cm³/mol. The Kier molecular flexibility index (Phi) is 6.61. The Labute approximate surface area is 199 Å². The highest BCUT2D eigenvalue weighted by atomic mass is 35.5. The zero-order valence-corrected chi connectivity index (χ0v) is 19.0. The van der Waals surface area contributed by atoms with E-state index in [-0.39, 0.29) is 12.1 Å². The lowest BCUT2D eigenvalue weighted by molar-refractivity contribution is -0.130. The van der Waals surface area contributed by atoms with E-state index < -0.39 is 42.4 Å². The summed E-state index contributed by atoms with van der Waals surface area (Å²) in [7, 11) is 0. The third-order valence-electron chi connectivity index (χ3n) is 5.53. The van der Waals surface area contributed by atoms with Gasteiger partial charge in [-0.2, -0.15) is 0 Å². The summed E-state index contributed by atoms with van der Waals surface area (Å²) in [5.41, 5.74) is 2.15. The highest BCUT2D eigenvalue weighted by molar-refractivity contribution is 6.31. The van der Waals surface area contributed by atoms with Gasteiger partial charge in [0.15, 0.2) is 0 Å². The first kappa shape index (κ1) is 23.8. The lowest BCUT2D eigenvalue weighted by atomic mass is 9.93. The first-order valence-corrected chi connectivity index (χ1v) is 10.9. The van der Waals surface area contributed by atoms with Gasteiger partial charge in [0.25, 0.3) is 11.8 Å². The fourth-order valence-corrected chi connectivity index (χ4v) is 4.38. The largest absolute Gasteiger partial charge is 0.332 e. The molecule has 0 radical (unpaired) electrons. The van der Waals surface area contributed by atoms with Crippen LogP contribution in [0.1, 0.15) is 22.3 Å². The van der Waals surface area contributed by atoms with Crippen LogP contribution >= 0.6 is 11.6 Å². The monoisotopic (exact) mass is 487 g/mol. The molecule has 1 N–H and O–H groups in total. The molecule has 4 rings (SSSR count). The van der Waals surface area contributed by atoms with Crippen LogP contribution in [0, 0.1) is 18.7 Å². The van der Waals surface area contributed by atoms with Crippen molar-refractivity contribution in [2.24, 2.45) is 5.92 Å². The Morgan fingerprint density at radius 1 is 1.09 bits per heavy atom. The molecular formula is C25H21ClF3N3O2. The summed E-state index contributed by atoms with van der Waals surface area (Å²) < 4.78 is 43.4. The third-order valence-corrected chi connectivity index (χ3v) is 5.75. The van der Waals surface area contributed by atoms with Crippen molar-refractivity contribution in [1.29, 1.82) is 0 Å². The molecule has 176 valence electrons. The smallest absolute Gasteiger partial charge is 0.266 e. The Hall–Kier alpha value is -3.39. The zero-order chi connectivity index (χ0) is 24.5. The van der Waals surface area contributed by atoms with Gasteiger partial charge in [0.05, 0.1) is 12.5 Å². The van der Waals surface area contributed by atoms with Crippen LogP contribution in [0.5, 0.6) is 0 Å². The van der Waals surface area contributed by atoms with Crippen molar-refractivity contribution in [3.05, 3.63) is 82.9 Å². The van der Waals surface area contributed by atoms with E-state index in [0.717, 1.165) is 16.5 Å². The molecule has 0 spiro atoms. The van der Waals surface area contributed by atoms with E-state index in [1.165, 1.54) is 30.6 Å². The summed E-state index contributed by atoms with van der Waals surface area (Å²) in [6, 6.07) is 11.9.